The molecule has 0 aromatic heterocycles. The molecule has 1 N–H and O–H groups in total. The monoisotopic (exact) mass is 259 g/mol. The number of hydrogen-bond donors (Lipinski definition) is 1. The van der Waals surface area contributed by atoms with Crippen LogP contribution in [0, 0.1) is 5.92 Å². The maximum atomic E-state index is 10.2. The van der Waals surface area contributed by atoms with Crippen LogP contribution in [0.5, 0.6) is 0 Å². The first kappa shape index (κ1) is 13.1. The van der Waals surface area contributed by atoms with Crippen LogP contribution in [0.15, 0.2) is 30.3 Å². The van der Waals surface area contributed by atoms with Gasteiger partial charge in [0.2, 0.25) is 0 Å². The van der Waals surface area contributed by atoms with Crippen molar-refractivity contribution in [2.24, 2.45) is 5.92 Å². The molecule has 1 aliphatic heterocycles. The summed E-state index contributed by atoms with van der Waals surface area (Å²) in [6, 6.07) is 11.9. The van der Waals surface area contributed by atoms with Gasteiger partial charge in [-0.25, -0.2) is 0 Å². The zero-order chi connectivity index (χ0) is 13.2. The van der Waals surface area contributed by atoms with E-state index in [0.29, 0.717) is 18.0 Å². The van der Waals surface area contributed by atoms with Gasteiger partial charge in [0.25, 0.3) is 0 Å². The second-order valence-electron chi connectivity index (χ2n) is 6.20. The van der Waals surface area contributed by atoms with E-state index in [4.69, 9.17) is 0 Å². The topological polar surface area (TPSA) is 23.5 Å². The Morgan fingerprint density at radius 3 is 2.63 bits per heavy atom. The molecule has 1 heterocycles. The van der Waals surface area contributed by atoms with E-state index in [9.17, 15) is 5.11 Å². The van der Waals surface area contributed by atoms with Crippen LogP contribution >= 0.6 is 0 Å². The smallest absolute Gasteiger partial charge is 0.0595 e. The number of fused-ring (bicyclic) bond motifs is 1. The third-order valence-electron chi connectivity index (χ3n) is 5.16. The number of piperidine rings is 1. The molecule has 0 amide bonds. The van der Waals surface area contributed by atoms with E-state index in [1.807, 2.05) is 0 Å². The lowest BCUT2D eigenvalue weighted by molar-refractivity contribution is -0.0512. The van der Waals surface area contributed by atoms with Crippen LogP contribution in [0.4, 0.5) is 0 Å². The first-order valence-electron chi connectivity index (χ1n) is 7.76. The lowest BCUT2D eigenvalue weighted by atomic mass is 9.76. The average Bonchev–Trinajstić information content (AvgIpc) is 2.48. The van der Waals surface area contributed by atoms with Crippen molar-refractivity contribution in [3.8, 4) is 0 Å². The van der Waals surface area contributed by atoms with Gasteiger partial charge in [-0.3, -0.25) is 4.90 Å². The molecule has 1 saturated carbocycles. The summed E-state index contributed by atoms with van der Waals surface area (Å²) in [5.41, 5.74) is 1.41. The first-order valence-corrected chi connectivity index (χ1v) is 7.76. The molecule has 3 rings (SSSR count). The highest BCUT2D eigenvalue weighted by atomic mass is 16.3. The minimum Gasteiger partial charge on any atom is -0.393 e. The summed E-state index contributed by atoms with van der Waals surface area (Å²) in [6.07, 6.45) is 5.98. The van der Waals surface area contributed by atoms with Crippen LogP contribution in [0.25, 0.3) is 0 Å². The van der Waals surface area contributed by atoms with Gasteiger partial charge in [0.05, 0.1) is 6.10 Å². The molecule has 2 aliphatic rings. The Morgan fingerprint density at radius 1 is 1.11 bits per heavy atom. The molecule has 104 valence electrons. The number of rotatable bonds is 2. The lowest BCUT2D eigenvalue weighted by Gasteiger charge is -2.49. The molecule has 1 saturated heterocycles. The molecule has 0 radical (unpaired) electrons. The zero-order valence-corrected chi connectivity index (χ0v) is 11.8. The van der Waals surface area contributed by atoms with E-state index in [2.05, 4.69) is 42.2 Å². The zero-order valence-electron chi connectivity index (χ0n) is 11.8. The molecule has 1 aromatic rings. The fraction of sp³-hybridized carbons (Fsp3) is 0.647. The maximum Gasteiger partial charge on any atom is 0.0595 e. The molecular weight excluding hydrogens is 234 g/mol. The van der Waals surface area contributed by atoms with Crippen molar-refractivity contribution in [1.82, 2.24) is 4.90 Å². The minimum absolute atomic E-state index is 0.0653. The summed E-state index contributed by atoms with van der Waals surface area (Å²) in [5.74, 6) is 0.508. The SMILES string of the molecule is CC(c1ccccc1)N1CCC(O)C2CCCCC21. The quantitative estimate of drug-likeness (QED) is 0.880. The Balaban J connectivity index is 1.80. The van der Waals surface area contributed by atoms with Gasteiger partial charge >= 0.3 is 0 Å². The fourth-order valence-electron chi connectivity index (χ4n) is 4.07. The van der Waals surface area contributed by atoms with Crippen LogP contribution in [0.1, 0.15) is 50.6 Å². The van der Waals surface area contributed by atoms with Gasteiger partial charge in [0.1, 0.15) is 0 Å². The molecule has 0 spiro atoms. The van der Waals surface area contributed by atoms with Crippen molar-refractivity contribution in [2.75, 3.05) is 6.54 Å². The van der Waals surface area contributed by atoms with E-state index in [1.165, 1.54) is 31.2 Å². The number of benzene rings is 1. The Kier molecular flexibility index (Phi) is 3.90. The molecular formula is C17H25NO. The first-order chi connectivity index (χ1) is 9.27. The van der Waals surface area contributed by atoms with Gasteiger partial charge in [0, 0.05) is 24.5 Å². The summed E-state index contributed by atoms with van der Waals surface area (Å²) in [7, 11) is 0. The number of hydrogen-bond acceptors (Lipinski definition) is 2. The van der Waals surface area contributed by atoms with E-state index in [-0.39, 0.29) is 6.10 Å². The Morgan fingerprint density at radius 2 is 1.84 bits per heavy atom. The summed E-state index contributed by atoms with van der Waals surface area (Å²) in [4.78, 5) is 2.64. The van der Waals surface area contributed by atoms with Crippen LogP contribution in [-0.4, -0.2) is 28.7 Å². The second-order valence-corrected chi connectivity index (χ2v) is 6.20. The standard InChI is InChI=1S/C17H25NO/c1-13(14-7-3-2-4-8-14)18-12-11-17(19)15-9-5-6-10-16(15)18/h2-4,7-8,13,15-17,19H,5-6,9-12H2,1H3. The summed E-state index contributed by atoms with van der Waals surface area (Å²) >= 11 is 0. The summed E-state index contributed by atoms with van der Waals surface area (Å²) in [6.45, 7) is 3.36. The Hall–Kier alpha value is -0.860. The van der Waals surface area contributed by atoms with E-state index >= 15 is 0 Å². The predicted molar refractivity (Wildman–Crippen MR) is 77.9 cm³/mol. The maximum absolute atomic E-state index is 10.2. The molecule has 2 fully saturated rings. The third kappa shape index (κ3) is 2.56. The normalized spacial score (nSPS) is 33.7. The third-order valence-corrected chi connectivity index (χ3v) is 5.16. The number of likely N-dealkylation sites (tertiary alicyclic amines) is 1. The molecule has 2 heteroatoms. The van der Waals surface area contributed by atoms with Crippen molar-refractivity contribution in [3.63, 3.8) is 0 Å². The van der Waals surface area contributed by atoms with Crippen molar-refractivity contribution < 1.29 is 5.11 Å². The van der Waals surface area contributed by atoms with E-state index < -0.39 is 0 Å². The van der Waals surface area contributed by atoms with Crippen molar-refractivity contribution in [3.05, 3.63) is 35.9 Å². The van der Waals surface area contributed by atoms with Crippen molar-refractivity contribution in [2.45, 2.75) is 57.2 Å². The largest absolute Gasteiger partial charge is 0.393 e. The summed E-state index contributed by atoms with van der Waals surface area (Å²) in [5, 5.41) is 10.2. The van der Waals surface area contributed by atoms with Gasteiger partial charge in [-0.05, 0) is 31.7 Å². The van der Waals surface area contributed by atoms with Crippen LogP contribution in [0.2, 0.25) is 0 Å². The van der Waals surface area contributed by atoms with Crippen LogP contribution in [-0.2, 0) is 0 Å². The van der Waals surface area contributed by atoms with Crippen LogP contribution < -0.4 is 0 Å². The molecule has 4 unspecified atom stereocenters. The number of aliphatic hydroxyl groups excluding tert-OH is 1. The highest BCUT2D eigenvalue weighted by Crippen LogP contribution is 2.39. The Labute approximate surface area is 116 Å². The van der Waals surface area contributed by atoms with Crippen molar-refractivity contribution >= 4 is 0 Å². The number of nitrogens with zero attached hydrogens (tertiary/aromatic N) is 1. The minimum atomic E-state index is -0.0653. The van der Waals surface area contributed by atoms with Gasteiger partial charge in [-0.1, -0.05) is 43.2 Å². The van der Waals surface area contributed by atoms with Crippen molar-refractivity contribution in [1.29, 1.82) is 0 Å². The van der Waals surface area contributed by atoms with Gasteiger partial charge in [-0.2, -0.15) is 0 Å². The predicted octanol–water partition coefficient (Wildman–Crippen LogP) is 3.37. The molecule has 4 atom stereocenters. The molecule has 2 nitrogen and oxygen atoms in total. The second kappa shape index (κ2) is 5.64. The molecule has 1 aromatic carbocycles. The lowest BCUT2D eigenvalue weighted by Crippen LogP contribution is -2.53. The molecule has 1 aliphatic carbocycles. The highest BCUT2D eigenvalue weighted by Gasteiger charge is 2.40. The van der Waals surface area contributed by atoms with E-state index in [0.717, 1.165) is 13.0 Å². The molecule has 19 heavy (non-hydrogen) atoms. The van der Waals surface area contributed by atoms with E-state index in [1.54, 1.807) is 0 Å². The average molecular weight is 259 g/mol. The Bertz CT molecular complexity index is 405. The van der Waals surface area contributed by atoms with Gasteiger partial charge < -0.3 is 5.11 Å². The summed E-state index contributed by atoms with van der Waals surface area (Å²) < 4.78 is 0. The van der Waals surface area contributed by atoms with Gasteiger partial charge in [0.15, 0.2) is 0 Å². The number of aliphatic hydroxyl groups is 1. The van der Waals surface area contributed by atoms with Crippen LogP contribution in [0.3, 0.4) is 0 Å². The van der Waals surface area contributed by atoms with Gasteiger partial charge in [-0.15, -0.1) is 0 Å². The fourth-order valence-corrected chi connectivity index (χ4v) is 4.07. The molecule has 0 bridgehead atoms. The highest BCUT2D eigenvalue weighted by molar-refractivity contribution is 5.19.